The molecule has 0 unspecified atom stereocenters. The van der Waals surface area contributed by atoms with Gasteiger partial charge in [-0.25, -0.2) is 8.42 Å². The van der Waals surface area contributed by atoms with Gasteiger partial charge < -0.3 is 15.4 Å². The van der Waals surface area contributed by atoms with Crippen LogP contribution in [-0.4, -0.2) is 45.4 Å². The number of carbonyl (C=O) groups excluding carboxylic acids is 2. The lowest BCUT2D eigenvalue weighted by atomic mass is 10.1. The van der Waals surface area contributed by atoms with Gasteiger partial charge in [0.1, 0.15) is 21.6 Å². The minimum Gasteiger partial charge on any atom is -0.497 e. The maximum absolute atomic E-state index is 12.7. The van der Waals surface area contributed by atoms with Gasteiger partial charge in [-0.2, -0.15) is 0 Å². The normalized spacial score (nSPS) is 12.1. The van der Waals surface area contributed by atoms with Crippen LogP contribution in [0.15, 0.2) is 48.5 Å². The molecular formula is C20H24N2O5S. The Kier molecular flexibility index (Phi) is 7.17. The second-order valence-electron chi connectivity index (χ2n) is 6.53. The van der Waals surface area contributed by atoms with Crippen molar-refractivity contribution >= 4 is 27.3 Å². The molecule has 2 rings (SSSR count). The molecule has 0 aliphatic rings. The topological polar surface area (TPSA) is 102 Å². The first-order valence-corrected chi connectivity index (χ1v) is 10.7. The Balaban J connectivity index is 2.14. The van der Waals surface area contributed by atoms with Crippen LogP contribution in [-0.2, 0) is 14.6 Å². The van der Waals surface area contributed by atoms with Gasteiger partial charge in [-0.3, -0.25) is 9.59 Å². The highest BCUT2D eigenvalue weighted by Crippen LogP contribution is 2.15. The molecular weight excluding hydrogens is 380 g/mol. The predicted octanol–water partition coefficient (Wildman–Crippen LogP) is 2.18. The molecule has 1 atom stereocenters. The third-order valence-electron chi connectivity index (χ3n) is 4.04. The van der Waals surface area contributed by atoms with Crippen LogP contribution in [0.5, 0.6) is 5.75 Å². The van der Waals surface area contributed by atoms with Crippen LogP contribution in [0.3, 0.4) is 0 Å². The first-order chi connectivity index (χ1) is 13.2. The molecule has 8 heteroatoms. The number of carbonyl (C=O) groups is 2. The Hall–Kier alpha value is -2.87. The largest absolute Gasteiger partial charge is 0.497 e. The number of rotatable bonds is 8. The quantitative estimate of drug-likeness (QED) is 0.702. The highest BCUT2D eigenvalue weighted by atomic mass is 32.2. The van der Waals surface area contributed by atoms with E-state index in [9.17, 15) is 18.0 Å². The number of anilines is 1. The van der Waals surface area contributed by atoms with E-state index in [4.69, 9.17) is 4.74 Å². The number of hydrogen-bond acceptors (Lipinski definition) is 5. The standard InChI is InChI=1S/C20H24N2O5S/c1-14-5-4-6-15(13-14)19(23)22-18(11-12-28(3,25)26)20(24)21-16-7-9-17(27-2)10-8-16/h4-10,13,18H,11-12H2,1-3H3,(H,21,24)(H,22,23)/t18-/m1/s1. The smallest absolute Gasteiger partial charge is 0.251 e. The van der Waals surface area contributed by atoms with Crippen molar-refractivity contribution in [2.75, 3.05) is 24.4 Å². The van der Waals surface area contributed by atoms with Crippen molar-refractivity contribution in [3.63, 3.8) is 0 Å². The molecule has 2 amide bonds. The molecule has 2 aromatic rings. The summed E-state index contributed by atoms with van der Waals surface area (Å²) in [6.07, 6.45) is 1.06. The molecule has 7 nitrogen and oxygen atoms in total. The van der Waals surface area contributed by atoms with Gasteiger partial charge in [-0.1, -0.05) is 17.7 Å². The van der Waals surface area contributed by atoms with Crippen molar-refractivity contribution in [2.24, 2.45) is 0 Å². The van der Waals surface area contributed by atoms with E-state index in [1.165, 1.54) is 7.11 Å². The summed E-state index contributed by atoms with van der Waals surface area (Å²) < 4.78 is 28.1. The monoisotopic (exact) mass is 404 g/mol. The highest BCUT2D eigenvalue weighted by molar-refractivity contribution is 7.90. The fraction of sp³-hybridized carbons (Fsp3) is 0.300. The zero-order valence-electron chi connectivity index (χ0n) is 16.1. The number of nitrogens with one attached hydrogen (secondary N) is 2. The van der Waals surface area contributed by atoms with Gasteiger partial charge in [0.05, 0.1) is 12.9 Å². The van der Waals surface area contributed by atoms with Crippen molar-refractivity contribution in [1.29, 1.82) is 0 Å². The van der Waals surface area contributed by atoms with E-state index in [0.717, 1.165) is 11.8 Å². The number of ether oxygens (including phenoxy) is 1. The summed E-state index contributed by atoms with van der Waals surface area (Å²) in [6.45, 7) is 1.86. The minimum absolute atomic E-state index is 0.0294. The molecule has 0 radical (unpaired) electrons. The first kappa shape index (κ1) is 21.4. The average molecular weight is 404 g/mol. The number of hydrogen-bond donors (Lipinski definition) is 2. The second-order valence-corrected chi connectivity index (χ2v) is 8.79. The molecule has 2 aromatic carbocycles. The summed E-state index contributed by atoms with van der Waals surface area (Å²) in [5.74, 6) is -0.511. The number of benzene rings is 2. The lowest BCUT2D eigenvalue weighted by Gasteiger charge is -2.18. The molecule has 0 spiro atoms. The molecule has 150 valence electrons. The van der Waals surface area contributed by atoms with E-state index in [0.29, 0.717) is 17.0 Å². The molecule has 2 N–H and O–H groups in total. The first-order valence-electron chi connectivity index (χ1n) is 8.68. The van der Waals surface area contributed by atoms with Gasteiger partial charge in [-0.05, 0) is 49.7 Å². The van der Waals surface area contributed by atoms with E-state index < -0.39 is 27.7 Å². The molecule has 28 heavy (non-hydrogen) atoms. The summed E-state index contributed by atoms with van der Waals surface area (Å²) in [4.78, 5) is 25.2. The summed E-state index contributed by atoms with van der Waals surface area (Å²) in [6, 6.07) is 12.6. The zero-order chi connectivity index (χ0) is 20.7. The molecule has 0 bridgehead atoms. The van der Waals surface area contributed by atoms with Gasteiger partial charge in [0.25, 0.3) is 5.91 Å². The number of aryl methyl sites for hydroxylation is 1. The Labute approximate surface area is 165 Å². The van der Waals surface area contributed by atoms with Crippen molar-refractivity contribution in [1.82, 2.24) is 5.32 Å². The highest BCUT2D eigenvalue weighted by Gasteiger charge is 2.23. The predicted molar refractivity (Wildman–Crippen MR) is 108 cm³/mol. The molecule has 0 aliphatic carbocycles. The number of methoxy groups -OCH3 is 1. The van der Waals surface area contributed by atoms with Crippen molar-refractivity contribution in [3.05, 3.63) is 59.7 Å². The summed E-state index contributed by atoms with van der Waals surface area (Å²) in [7, 11) is -1.75. The van der Waals surface area contributed by atoms with Crippen LogP contribution in [0.2, 0.25) is 0 Å². The molecule has 0 fully saturated rings. The van der Waals surface area contributed by atoms with Gasteiger partial charge >= 0.3 is 0 Å². The summed E-state index contributed by atoms with van der Waals surface area (Å²) in [5, 5.41) is 5.33. The third kappa shape index (κ3) is 6.70. The maximum Gasteiger partial charge on any atom is 0.251 e. The van der Waals surface area contributed by atoms with E-state index in [2.05, 4.69) is 10.6 Å². The Morgan fingerprint density at radius 3 is 2.36 bits per heavy atom. The Morgan fingerprint density at radius 1 is 1.11 bits per heavy atom. The van der Waals surface area contributed by atoms with Gasteiger partial charge in [0.2, 0.25) is 5.91 Å². The Bertz CT molecular complexity index is 939. The molecule has 0 saturated carbocycles. The molecule has 0 aliphatic heterocycles. The van der Waals surface area contributed by atoms with Crippen LogP contribution >= 0.6 is 0 Å². The molecule has 0 aromatic heterocycles. The van der Waals surface area contributed by atoms with Crippen molar-refractivity contribution < 1.29 is 22.7 Å². The third-order valence-corrected chi connectivity index (χ3v) is 5.01. The SMILES string of the molecule is COc1ccc(NC(=O)[C@@H](CCS(C)(=O)=O)NC(=O)c2cccc(C)c2)cc1. The zero-order valence-corrected chi connectivity index (χ0v) is 16.9. The fourth-order valence-corrected chi connectivity index (χ4v) is 3.20. The number of amides is 2. The lowest BCUT2D eigenvalue weighted by molar-refractivity contribution is -0.118. The summed E-state index contributed by atoms with van der Waals surface area (Å²) >= 11 is 0. The van der Waals surface area contributed by atoms with Crippen molar-refractivity contribution in [2.45, 2.75) is 19.4 Å². The Morgan fingerprint density at radius 2 is 1.79 bits per heavy atom. The van der Waals surface area contributed by atoms with Crippen LogP contribution < -0.4 is 15.4 Å². The van der Waals surface area contributed by atoms with Crippen molar-refractivity contribution in [3.8, 4) is 5.75 Å². The molecule has 0 heterocycles. The van der Waals surface area contributed by atoms with E-state index >= 15 is 0 Å². The van der Waals surface area contributed by atoms with Gasteiger partial charge in [0, 0.05) is 17.5 Å². The van der Waals surface area contributed by atoms with Crippen LogP contribution in [0.4, 0.5) is 5.69 Å². The van der Waals surface area contributed by atoms with E-state index in [1.54, 1.807) is 42.5 Å². The van der Waals surface area contributed by atoms with Crippen LogP contribution in [0.25, 0.3) is 0 Å². The van der Waals surface area contributed by atoms with Crippen LogP contribution in [0.1, 0.15) is 22.3 Å². The van der Waals surface area contributed by atoms with E-state index in [1.807, 2.05) is 13.0 Å². The maximum atomic E-state index is 12.7. The van der Waals surface area contributed by atoms with Gasteiger partial charge in [-0.15, -0.1) is 0 Å². The van der Waals surface area contributed by atoms with Gasteiger partial charge in [0.15, 0.2) is 0 Å². The average Bonchev–Trinajstić information content (AvgIpc) is 2.64. The second kappa shape index (κ2) is 9.36. The lowest BCUT2D eigenvalue weighted by Crippen LogP contribution is -2.44. The summed E-state index contributed by atoms with van der Waals surface area (Å²) in [5.41, 5.74) is 1.82. The van der Waals surface area contributed by atoms with Crippen LogP contribution in [0, 0.1) is 6.92 Å². The fourth-order valence-electron chi connectivity index (χ4n) is 2.53. The van der Waals surface area contributed by atoms with E-state index in [-0.39, 0.29) is 12.2 Å². The minimum atomic E-state index is -3.29. The number of sulfone groups is 1. The molecule has 0 saturated heterocycles.